The number of esters is 1. The normalized spacial score (nSPS) is 14.4. The molecule has 30 heavy (non-hydrogen) atoms. The number of hydrogen-bond donors (Lipinski definition) is 0. The van der Waals surface area contributed by atoms with Gasteiger partial charge in [-0.1, -0.05) is 43.5 Å². The largest absolute Gasteiger partial charge is 0.453 e. The minimum atomic E-state index is -0.556. The fraction of sp³-hybridized carbons (Fsp3) is 0.348. The van der Waals surface area contributed by atoms with Crippen LogP contribution in [-0.4, -0.2) is 33.3 Å². The highest BCUT2D eigenvalue weighted by atomic mass is 32.1. The third-order valence-corrected chi connectivity index (χ3v) is 6.52. The highest BCUT2D eigenvalue weighted by Gasteiger charge is 2.20. The zero-order valence-corrected chi connectivity index (χ0v) is 17.7. The number of benzene rings is 1. The predicted molar refractivity (Wildman–Crippen MR) is 115 cm³/mol. The molecule has 1 aliphatic rings. The second-order valence-corrected chi connectivity index (χ2v) is 8.46. The summed E-state index contributed by atoms with van der Waals surface area (Å²) in [6.45, 7) is 1.43. The number of aryl methyl sites for hydroxylation is 1. The molecule has 1 fully saturated rings. The molecule has 0 spiro atoms. The molecule has 0 unspecified atom stereocenters. The minimum absolute atomic E-state index is 0.215. The molecule has 7 heteroatoms. The second kappa shape index (κ2) is 9.26. The lowest BCUT2D eigenvalue weighted by molar-refractivity contribution is 0.0478. The molecule has 0 bridgehead atoms. The molecule has 2 heterocycles. The molecule has 0 amide bonds. The summed E-state index contributed by atoms with van der Waals surface area (Å²) >= 11 is 1.16. The van der Waals surface area contributed by atoms with E-state index in [0.29, 0.717) is 32.9 Å². The summed E-state index contributed by atoms with van der Waals surface area (Å²) in [4.78, 5) is 37.9. The molecule has 6 nitrogen and oxygen atoms in total. The van der Waals surface area contributed by atoms with Gasteiger partial charge in [0.15, 0.2) is 23.2 Å². The van der Waals surface area contributed by atoms with Crippen LogP contribution in [0, 0.1) is 6.92 Å². The number of carbonyl (C=O) groups excluding carboxylic acids is 2. The fourth-order valence-corrected chi connectivity index (χ4v) is 4.66. The van der Waals surface area contributed by atoms with Crippen molar-refractivity contribution in [2.75, 3.05) is 6.61 Å². The van der Waals surface area contributed by atoms with Crippen molar-refractivity contribution in [3.63, 3.8) is 0 Å². The zero-order valence-electron chi connectivity index (χ0n) is 16.8. The topological polar surface area (TPSA) is 82.0 Å². The summed E-state index contributed by atoms with van der Waals surface area (Å²) in [5.41, 5.74) is 2.39. The van der Waals surface area contributed by atoms with E-state index in [1.165, 1.54) is 37.7 Å². The molecule has 154 valence electrons. The zero-order chi connectivity index (χ0) is 20.9. The Morgan fingerprint density at radius 3 is 2.47 bits per heavy atom. The third-order valence-electron chi connectivity index (χ3n) is 5.38. The van der Waals surface area contributed by atoms with Crippen molar-refractivity contribution in [1.29, 1.82) is 0 Å². The van der Waals surface area contributed by atoms with Crippen LogP contribution in [0.5, 0.6) is 0 Å². The van der Waals surface area contributed by atoms with Crippen LogP contribution >= 0.6 is 11.3 Å². The number of ketones is 1. The number of thiazole rings is 1. The monoisotopic (exact) mass is 421 g/mol. The summed E-state index contributed by atoms with van der Waals surface area (Å²) in [6, 6.07) is 9.45. The van der Waals surface area contributed by atoms with Crippen molar-refractivity contribution in [3.8, 4) is 10.8 Å². The molecule has 0 atom stereocenters. The number of carbonyl (C=O) groups is 2. The summed E-state index contributed by atoms with van der Waals surface area (Å²) in [5.74, 6) is 0.281. The van der Waals surface area contributed by atoms with Crippen LogP contribution in [0.15, 0.2) is 42.7 Å². The van der Waals surface area contributed by atoms with E-state index in [4.69, 9.17) is 4.74 Å². The molecule has 0 saturated heterocycles. The van der Waals surface area contributed by atoms with Crippen molar-refractivity contribution in [3.05, 3.63) is 64.4 Å². The van der Waals surface area contributed by atoms with E-state index >= 15 is 0 Å². The van der Waals surface area contributed by atoms with Crippen LogP contribution in [0.2, 0.25) is 0 Å². The van der Waals surface area contributed by atoms with Gasteiger partial charge in [-0.3, -0.25) is 4.79 Å². The van der Waals surface area contributed by atoms with Crippen molar-refractivity contribution in [1.82, 2.24) is 15.0 Å². The number of nitrogens with zero attached hydrogens (tertiary/aromatic N) is 3. The molecular formula is C23H23N3O3S. The Hall–Kier alpha value is -2.93. The second-order valence-electron chi connectivity index (χ2n) is 7.46. The third kappa shape index (κ3) is 4.62. The Morgan fingerprint density at radius 1 is 1.07 bits per heavy atom. The molecule has 3 aromatic rings. The van der Waals surface area contributed by atoms with E-state index in [2.05, 4.69) is 15.0 Å². The number of rotatable bonds is 6. The average molecular weight is 422 g/mol. The first-order chi connectivity index (χ1) is 14.6. The van der Waals surface area contributed by atoms with E-state index in [0.717, 1.165) is 11.3 Å². The molecule has 1 saturated carbocycles. The molecule has 2 aromatic heterocycles. The van der Waals surface area contributed by atoms with Gasteiger partial charge >= 0.3 is 5.97 Å². The molecule has 0 aliphatic heterocycles. The van der Waals surface area contributed by atoms with Gasteiger partial charge in [-0.05, 0) is 37.3 Å². The lowest BCUT2D eigenvalue weighted by Crippen LogP contribution is -2.14. The molecular weight excluding hydrogens is 398 g/mol. The van der Waals surface area contributed by atoms with Crippen molar-refractivity contribution in [2.45, 2.75) is 44.9 Å². The van der Waals surface area contributed by atoms with E-state index < -0.39 is 5.97 Å². The lowest BCUT2D eigenvalue weighted by atomic mass is 9.84. The maximum Gasteiger partial charge on any atom is 0.350 e. The molecule has 1 aromatic carbocycles. The van der Waals surface area contributed by atoms with Crippen LogP contribution < -0.4 is 0 Å². The Bertz CT molecular complexity index is 1030. The first-order valence-corrected chi connectivity index (χ1v) is 11.0. The Kier molecular flexibility index (Phi) is 6.28. The number of hydrogen-bond acceptors (Lipinski definition) is 7. The van der Waals surface area contributed by atoms with Crippen LogP contribution in [0.4, 0.5) is 0 Å². The Labute approximate surface area is 179 Å². The van der Waals surface area contributed by atoms with Gasteiger partial charge in [0.05, 0.1) is 5.69 Å². The SMILES string of the molecule is Cc1nc(-c2ncccn2)sc1C(=O)OCC(=O)c1ccc(C2CCCCC2)cc1. The molecule has 1 aliphatic carbocycles. The summed E-state index contributed by atoms with van der Waals surface area (Å²) in [6.07, 6.45) is 9.54. The van der Waals surface area contributed by atoms with Gasteiger partial charge in [0.1, 0.15) is 4.88 Å². The summed E-state index contributed by atoms with van der Waals surface area (Å²) in [5, 5.41) is 0.546. The molecule has 0 radical (unpaired) electrons. The quantitative estimate of drug-likeness (QED) is 0.412. The van der Waals surface area contributed by atoms with Crippen LogP contribution in [-0.2, 0) is 4.74 Å². The van der Waals surface area contributed by atoms with Crippen molar-refractivity contribution < 1.29 is 14.3 Å². The predicted octanol–water partition coefficient (Wildman–Crippen LogP) is 5.00. The Balaban J connectivity index is 1.37. The number of Topliss-reactive ketones (excluding diaryl/α,β-unsaturated/α-hetero) is 1. The Morgan fingerprint density at radius 2 is 1.77 bits per heavy atom. The number of aromatic nitrogens is 3. The van der Waals surface area contributed by atoms with Gasteiger partial charge in [-0.25, -0.2) is 19.7 Å². The maximum absolute atomic E-state index is 12.5. The standard InChI is InChI=1S/C23H23N3O3S/c1-15-20(30-22(26-15)21-24-12-5-13-25-21)23(28)29-14-19(27)18-10-8-17(9-11-18)16-6-3-2-4-7-16/h5,8-13,16H,2-4,6-7,14H2,1H3. The van der Waals surface area contributed by atoms with Gasteiger partial charge in [-0.15, -0.1) is 11.3 Å². The van der Waals surface area contributed by atoms with E-state index in [1.807, 2.05) is 24.3 Å². The van der Waals surface area contributed by atoms with Crippen molar-refractivity contribution >= 4 is 23.1 Å². The fourth-order valence-electron chi connectivity index (χ4n) is 3.75. The van der Waals surface area contributed by atoms with E-state index in [9.17, 15) is 9.59 Å². The van der Waals surface area contributed by atoms with E-state index in [1.54, 1.807) is 25.4 Å². The first kappa shape index (κ1) is 20.3. The first-order valence-electron chi connectivity index (χ1n) is 10.2. The van der Waals surface area contributed by atoms with Crippen LogP contribution in [0.3, 0.4) is 0 Å². The molecule has 4 rings (SSSR count). The highest BCUT2D eigenvalue weighted by molar-refractivity contribution is 7.16. The van der Waals surface area contributed by atoms with Crippen LogP contribution in [0.25, 0.3) is 10.8 Å². The van der Waals surface area contributed by atoms with Gasteiger partial charge in [0, 0.05) is 18.0 Å². The smallest absolute Gasteiger partial charge is 0.350 e. The van der Waals surface area contributed by atoms with Gasteiger partial charge in [0.25, 0.3) is 0 Å². The number of ether oxygens (including phenoxy) is 1. The van der Waals surface area contributed by atoms with Gasteiger partial charge in [0.2, 0.25) is 0 Å². The highest BCUT2D eigenvalue weighted by Crippen LogP contribution is 2.32. The van der Waals surface area contributed by atoms with Gasteiger partial charge in [-0.2, -0.15) is 0 Å². The van der Waals surface area contributed by atoms with E-state index in [-0.39, 0.29) is 12.4 Å². The van der Waals surface area contributed by atoms with Crippen molar-refractivity contribution in [2.24, 2.45) is 0 Å². The minimum Gasteiger partial charge on any atom is -0.453 e. The van der Waals surface area contributed by atoms with Gasteiger partial charge < -0.3 is 4.74 Å². The molecule has 0 N–H and O–H groups in total. The summed E-state index contributed by atoms with van der Waals surface area (Å²) < 4.78 is 5.26. The maximum atomic E-state index is 12.5. The average Bonchev–Trinajstić information content (AvgIpc) is 3.20. The lowest BCUT2D eigenvalue weighted by Gasteiger charge is -2.22. The van der Waals surface area contributed by atoms with Crippen LogP contribution in [0.1, 0.15) is 69.3 Å². The summed E-state index contributed by atoms with van der Waals surface area (Å²) in [7, 11) is 0.